The molecule has 2 aromatic carbocycles. The first-order chi connectivity index (χ1) is 9.43. The summed E-state index contributed by atoms with van der Waals surface area (Å²) in [6, 6.07) is 23.1. The molecule has 4 aromatic rings. The number of rotatable bonds is 1. The number of nitrogens with zero attached hydrogens (tertiary/aromatic N) is 2. The summed E-state index contributed by atoms with van der Waals surface area (Å²) in [6.45, 7) is 0. The number of aromatic nitrogens is 2. The van der Waals surface area contributed by atoms with Crippen LogP contribution in [0, 0.1) is 0 Å². The highest BCUT2D eigenvalue weighted by Crippen LogP contribution is 2.27. The maximum absolute atomic E-state index is 4.46. The molecular weight excluding hydrogens is 232 g/mol. The van der Waals surface area contributed by atoms with Gasteiger partial charge in [0.1, 0.15) is 0 Å². The lowest BCUT2D eigenvalue weighted by Crippen LogP contribution is -1.94. The van der Waals surface area contributed by atoms with Crippen molar-refractivity contribution in [2.45, 2.75) is 0 Å². The van der Waals surface area contributed by atoms with Crippen molar-refractivity contribution < 1.29 is 0 Å². The molecule has 0 bridgehead atoms. The summed E-state index contributed by atoms with van der Waals surface area (Å²) >= 11 is 0. The van der Waals surface area contributed by atoms with E-state index in [2.05, 4.69) is 65.8 Å². The number of hydrogen-bond donors (Lipinski definition) is 0. The van der Waals surface area contributed by atoms with Crippen molar-refractivity contribution in [1.29, 1.82) is 0 Å². The van der Waals surface area contributed by atoms with Crippen LogP contribution in [0.15, 0.2) is 72.9 Å². The van der Waals surface area contributed by atoms with Gasteiger partial charge in [-0.3, -0.25) is 0 Å². The highest BCUT2D eigenvalue weighted by molar-refractivity contribution is 5.98. The van der Waals surface area contributed by atoms with Gasteiger partial charge in [0.2, 0.25) is 0 Å². The van der Waals surface area contributed by atoms with Crippen molar-refractivity contribution in [3.8, 4) is 11.3 Å². The molecule has 19 heavy (non-hydrogen) atoms. The van der Waals surface area contributed by atoms with Crippen LogP contribution in [0.1, 0.15) is 0 Å². The molecule has 2 aromatic heterocycles. The van der Waals surface area contributed by atoms with E-state index in [4.69, 9.17) is 0 Å². The van der Waals surface area contributed by atoms with Crippen LogP contribution >= 0.6 is 0 Å². The fourth-order valence-corrected chi connectivity index (χ4v) is 2.58. The van der Waals surface area contributed by atoms with Gasteiger partial charge in [-0.25, -0.2) is 4.52 Å². The molecule has 0 atom stereocenters. The molecule has 0 saturated heterocycles. The summed E-state index contributed by atoms with van der Waals surface area (Å²) in [4.78, 5) is 0. The van der Waals surface area contributed by atoms with Gasteiger partial charge >= 0.3 is 0 Å². The lowest BCUT2D eigenvalue weighted by atomic mass is 10.1. The Morgan fingerprint density at radius 2 is 1.58 bits per heavy atom. The first-order valence-electron chi connectivity index (χ1n) is 6.34. The van der Waals surface area contributed by atoms with Gasteiger partial charge in [-0.15, -0.1) is 0 Å². The standard InChI is InChI=1S/C17H12N2/c1-2-6-13(7-3-1)17-12-14-8-4-5-9-15(14)16-10-11-18-19(16)17/h1-12H. The highest BCUT2D eigenvalue weighted by Gasteiger charge is 2.08. The second kappa shape index (κ2) is 3.95. The number of pyridine rings is 1. The first-order valence-corrected chi connectivity index (χ1v) is 6.34. The number of fused-ring (bicyclic) bond motifs is 3. The monoisotopic (exact) mass is 244 g/mol. The van der Waals surface area contributed by atoms with Crippen molar-refractivity contribution >= 4 is 16.3 Å². The topological polar surface area (TPSA) is 17.3 Å². The van der Waals surface area contributed by atoms with Crippen LogP contribution in [0.4, 0.5) is 0 Å². The molecule has 0 aliphatic heterocycles. The molecule has 2 heterocycles. The van der Waals surface area contributed by atoms with E-state index in [1.54, 1.807) is 0 Å². The lowest BCUT2D eigenvalue weighted by molar-refractivity contribution is 0.975. The van der Waals surface area contributed by atoms with Crippen LogP contribution in [-0.2, 0) is 0 Å². The van der Waals surface area contributed by atoms with E-state index in [0.29, 0.717) is 0 Å². The molecule has 0 saturated carbocycles. The Bertz CT molecular complexity index is 860. The van der Waals surface area contributed by atoms with E-state index in [9.17, 15) is 0 Å². The number of benzene rings is 2. The van der Waals surface area contributed by atoms with Gasteiger partial charge in [0.05, 0.1) is 17.4 Å². The quantitative estimate of drug-likeness (QED) is 0.491. The Kier molecular flexibility index (Phi) is 2.15. The molecule has 0 amide bonds. The maximum Gasteiger partial charge on any atom is 0.0747 e. The zero-order valence-corrected chi connectivity index (χ0v) is 10.3. The predicted octanol–water partition coefficient (Wildman–Crippen LogP) is 4.15. The summed E-state index contributed by atoms with van der Waals surface area (Å²) in [6.07, 6.45) is 1.86. The van der Waals surface area contributed by atoms with E-state index < -0.39 is 0 Å². The van der Waals surface area contributed by atoms with Crippen molar-refractivity contribution in [2.75, 3.05) is 0 Å². The van der Waals surface area contributed by atoms with Crippen LogP contribution < -0.4 is 0 Å². The van der Waals surface area contributed by atoms with Crippen LogP contribution in [0.3, 0.4) is 0 Å². The average Bonchev–Trinajstić information content (AvgIpc) is 2.97. The SMILES string of the molecule is c1ccc(-c2cc3ccccc3c3ccnn23)cc1. The summed E-state index contributed by atoms with van der Waals surface area (Å²) < 4.78 is 2.01. The highest BCUT2D eigenvalue weighted by atomic mass is 15.2. The van der Waals surface area contributed by atoms with Crippen molar-refractivity contribution in [3.05, 3.63) is 72.9 Å². The van der Waals surface area contributed by atoms with Crippen LogP contribution in [-0.4, -0.2) is 9.61 Å². The zero-order valence-electron chi connectivity index (χ0n) is 10.3. The lowest BCUT2D eigenvalue weighted by Gasteiger charge is -2.08. The molecule has 0 fully saturated rings. The second-order valence-electron chi connectivity index (χ2n) is 4.61. The van der Waals surface area contributed by atoms with Crippen molar-refractivity contribution in [1.82, 2.24) is 9.61 Å². The molecule has 90 valence electrons. The molecule has 2 heteroatoms. The third kappa shape index (κ3) is 1.54. The normalized spacial score (nSPS) is 11.2. The van der Waals surface area contributed by atoms with Gasteiger partial charge in [-0.05, 0) is 17.5 Å². The van der Waals surface area contributed by atoms with Gasteiger partial charge in [-0.2, -0.15) is 5.10 Å². The Hall–Kier alpha value is -2.61. The predicted molar refractivity (Wildman–Crippen MR) is 78.1 cm³/mol. The molecule has 0 radical (unpaired) electrons. The van der Waals surface area contributed by atoms with Gasteiger partial charge in [0.15, 0.2) is 0 Å². The second-order valence-corrected chi connectivity index (χ2v) is 4.61. The van der Waals surface area contributed by atoms with Crippen LogP contribution in [0.2, 0.25) is 0 Å². The van der Waals surface area contributed by atoms with E-state index in [1.807, 2.05) is 16.8 Å². The molecule has 0 aliphatic carbocycles. The van der Waals surface area contributed by atoms with E-state index >= 15 is 0 Å². The van der Waals surface area contributed by atoms with Gasteiger partial charge in [0, 0.05) is 10.9 Å². The average molecular weight is 244 g/mol. The van der Waals surface area contributed by atoms with Crippen molar-refractivity contribution in [2.24, 2.45) is 0 Å². The Balaban J connectivity index is 2.17. The Labute approximate surface area is 110 Å². The molecule has 0 N–H and O–H groups in total. The van der Waals surface area contributed by atoms with Crippen molar-refractivity contribution in [3.63, 3.8) is 0 Å². The fourth-order valence-electron chi connectivity index (χ4n) is 2.58. The van der Waals surface area contributed by atoms with Gasteiger partial charge in [0.25, 0.3) is 0 Å². The minimum Gasteiger partial charge on any atom is -0.232 e. The zero-order chi connectivity index (χ0) is 12.7. The third-order valence-corrected chi connectivity index (χ3v) is 3.47. The summed E-state index contributed by atoms with van der Waals surface area (Å²) in [5.74, 6) is 0. The largest absolute Gasteiger partial charge is 0.232 e. The molecule has 2 nitrogen and oxygen atoms in total. The molecule has 0 unspecified atom stereocenters. The Morgan fingerprint density at radius 3 is 2.47 bits per heavy atom. The molecular formula is C17H12N2. The van der Waals surface area contributed by atoms with Crippen LogP contribution in [0.5, 0.6) is 0 Å². The van der Waals surface area contributed by atoms with Gasteiger partial charge in [-0.1, -0.05) is 54.6 Å². The summed E-state index contributed by atoms with van der Waals surface area (Å²) in [5, 5.41) is 6.94. The van der Waals surface area contributed by atoms with E-state index in [-0.39, 0.29) is 0 Å². The minimum absolute atomic E-state index is 1.12. The summed E-state index contributed by atoms with van der Waals surface area (Å²) in [7, 11) is 0. The van der Waals surface area contributed by atoms with E-state index in [1.165, 1.54) is 16.3 Å². The molecule has 0 aliphatic rings. The third-order valence-electron chi connectivity index (χ3n) is 3.47. The number of hydrogen-bond acceptors (Lipinski definition) is 1. The fraction of sp³-hybridized carbons (Fsp3) is 0. The van der Waals surface area contributed by atoms with Gasteiger partial charge < -0.3 is 0 Å². The maximum atomic E-state index is 4.46. The smallest absolute Gasteiger partial charge is 0.0747 e. The Morgan fingerprint density at radius 1 is 0.789 bits per heavy atom. The van der Waals surface area contributed by atoms with Crippen LogP contribution in [0.25, 0.3) is 27.5 Å². The minimum atomic E-state index is 1.12. The molecule has 0 spiro atoms. The molecule has 4 rings (SSSR count). The first kappa shape index (κ1) is 10.3. The van der Waals surface area contributed by atoms with E-state index in [0.717, 1.165) is 11.2 Å². The summed E-state index contributed by atoms with van der Waals surface area (Å²) in [5.41, 5.74) is 3.46.